The first-order valence-electron chi connectivity index (χ1n) is 11.3. The van der Waals surface area contributed by atoms with E-state index in [2.05, 4.69) is 12.0 Å². The Morgan fingerprint density at radius 2 is 1.24 bits per heavy atom. The molecule has 0 spiro atoms. The van der Waals surface area contributed by atoms with Crippen molar-refractivity contribution in [2.45, 2.75) is 135 Å². The summed E-state index contributed by atoms with van der Waals surface area (Å²) in [6.07, 6.45) is 22.1. The Morgan fingerprint density at radius 3 is 1.76 bits per heavy atom. The van der Waals surface area contributed by atoms with Crippen molar-refractivity contribution in [1.82, 2.24) is 5.06 Å². The highest BCUT2D eigenvalue weighted by molar-refractivity contribution is 5.69. The highest BCUT2D eigenvalue weighted by atomic mass is 16.7. The van der Waals surface area contributed by atoms with Gasteiger partial charge >= 0.3 is 5.97 Å². The Balaban J connectivity index is 1.70. The lowest BCUT2D eigenvalue weighted by Gasteiger charge is -2.39. The Kier molecular flexibility index (Phi) is 10.6. The Labute approximate surface area is 155 Å². The van der Waals surface area contributed by atoms with E-state index in [4.69, 9.17) is 4.84 Å². The Morgan fingerprint density at radius 1 is 0.760 bits per heavy atom. The molecule has 146 valence electrons. The smallest absolute Gasteiger partial charge is 0.325 e. The highest BCUT2D eigenvalue weighted by Gasteiger charge is 2.31. The second-order valence-electron chi connectivity index (χ2n) is 8.28. The molecule has 3 heteroatoms. The van der Waals surface area contributed by atoms with Crippen LogP contribution >= 0.6 is 0 Å². The van der Waals surface area contributed by atoms with E-state index in [-0.39, 0.29) is 5.97 Å². The minimum absolute atomic E-state index is 0.0182. The largest absolute Gasteiger partial charge is 0.367 e. The summed E-state index contributed by atoms with van der Waals surface area (Å²) in [6.45, 7) is 2.25. The molecule has 0 aromatic heterocycles. The van der Waals surface area contributed by atoms with Crippen LogP contribution in [0, 0.1) is 0 Å². The van der Waals surface area contributed by atoms with Gasteiger partial charge in [0.25, 0.3) is 0 Å². The van der Waals surface area contributed by atoms with Gasteiger partial charge in [-0.05, 0) is 32.1 Å². The van der Waals surface area contributed by atoms with Gasteiger partial charge in [0.15, 0.2) is 0 Å². The summed E-state index contributed by atoms with van der Waals surface area (Å²) in [7, 11) is 0. The first kappa shape index (κ1) is 20.7. The zero-order chi connectivity index (χ0) is 17.7. The molecule has 0 unspecified atom stereocenters. The summed E-state index contributed by atoms with van der Waals surface area (Å²) in [5.74, 6) is 0.0182. The van der Waals surface area contributed by atoms with Crippen LogP contribution in [-0.4, -0.2) is 23.1 Å². The quantitative estimate of drug-likeness (QED) is 0.312. The average molecular weight is 352 g/mol. The van der Waals surface area contributed by atoms with Crippen molar-refractivity contribution >= 4 is 5.97 Å². The van der Waals surface area contributed by atoms with E-state index in [9.17, 15) is 4.79 Å². The molecule has 2 saturated carbocycles. The van der Waals surface area contributed by atoms with Crippen LogP contribution in [0.2, 0.25) is 0 Å². The summed E-state index contributed by atoms with van der Waals surface area (Å²) in [4.78, 5) is 18.4. The van der Waals surface area contributed by atoms with Gasteiger partial charge in [-0.25, -0.2) is 0 Å². The standard InChI is InChI=1S/C22H41NO2/c1-2-3-4-5-6-7-14-19-22(24)25-23(20-15-10-8-11-16-20)21-17-12-9-13-18-21/h20-21H,2-19H2,1H3. The molecule has 0 atom stereocenters. The third kappa shape index (κ3) is 8.11. The summed E-state index contributed by atoms with van der Waals surface area (Å²) in [5, 5.41) is 2.17. The van der Waals surface area contributed by atoms with E-state index < -0.39 is 0 Å². The van der Waals surface area contributed by atoms with E-state index in [1.54, 1.807) is 0 Å². The summed E-state index contributed by atoms with van der Waals surface area (Å²) in [5.41, 5.74) is 0. The van der Waals surface area contributed by atoms with Crippen molar-refractivity contribution in [3.05, 3.63) is 0 Å². The maximum absolute atomic E-state index is 12.4. The van der Waals surface area contributed by atoms with Crippen molar-refractivity contribution in [3.63, 3.8) is 0 Å². The Bertz CT molecular complexity index is 328. The molecular weight excluding hydrogens is 310 g/mol. The second kappa shape index (κ2) is 12.7. The predicted octanol–water partition coefficient (Wildman–Crippen LogP) is 6.55. The van der Waals surface area contributed by atoms with Gasteiger partial charge < -0.3 is 4.84 Å². The molecule has 0 saturated heterocycles. The zero-order valence-electron chi connectivity index (χ0n) is 16.6. The molecule has 0 N–H and O–H groups in total. The van der Waals surface area contributed by atoms with Gasteiger partial charge in [-0.2, -0.15) is 0 Å². The minimum atomic E-state index is 0.0182. The maximum atomic E-state index is 12.4. The third-order valence-electron chi connectivity index (χ3n) is 6.06. The lowest BCUT2D eigenvalue weighted by atomic mass is 9.90. The van der Waals surface area contributed by atoms with E-state index in [0.29, 0.717) is 18.5 Å². The van der Waals surface area contributed by atoms with Gasteiger partial charge in [0, 0.05) is 18.5 Å². The minimum Gasteiger partial charge on any atom is -0.367 e. The average Bonchev–Trinajstić information content (AvgIpc) is 2.67. The van der Waals surface area contributed by atoms with Gasteiger partial charge in [0.2, 0.25) is 0 Å². The number of nitrogens with zero attached hydrogens (tertiary/aromatic N) is 1. The van der Waals surface area contributed by atoms with Crippen LogP contribution in [0.4, 0.5) is 0 Å². The van der Waals surface area contributed by atoms with Crippen LogP contribution in [0.15, 0.2) is 0 Å². The van der Waals surface area contributed by atoms with Crippen LogP contribution in [0.5, 0.6) is 0 Å². The SMILES string of the molecule is CCCCCCCCCC(=O)ON(C1CCCCC1)C1CCCCC1. The van der Waals surface area contributed by atoms with E-state index in [0.717, 1.165) is 6.42 Å². The second-order valence-corrected chi connectivity index (χ2v) is 8.28. The lowest BCUT2D eigenvalue weighted by Crippen LogP contribution is -2.46. The number of carbonyl (C=O) groups is 1. The fourth-order valence-electron chi connectivity index (χ4n) is 4.51. The van der Waals surface area contributed by atoms with Crippen molar-refractivity contribution in [1.29, 1.82) is 0 Å². The molecule has 2 aliphatic rings. The van der Waals surface area contributed by atoms with Crippen LogP contribution in [0.1, 0.15) is 122 Å². The number of hydroxylamine groups is 2. The number of hydrogen-bond donors (Lipinski definition) is 0. The van der Waals surface area contributed by atoms with Crippen LogP contribution in [0.25, 0.3) is 0 Å². The first-order chi connectivity index (χ1) is 12.3. The van der Waals surface area contributed by atoms with Crippen LogP contribution in [-0.2, 0) is 9.63 Å². The van der Waals surface area contributed by atoms with Gasteiger partial charge in [-0.15, -0.1) is 5.06 Å². The van der Waals surface area contributed by atoms with Crippen molar-refractivity contribution in [3.8, 4) is 0 Å². The van der Waals surface area contributed by atoms with E-state index >= 15 is 0 Å². The van der Waals surface area contributed by atoms with Crippen LogP contribution < -0.4 is 0 Å². The highest BCUT2D eigenvalue weighted by Crippen LogP contribution is 2.30. The summed E-state index contributed by atoms with van der Waals surface area (Å²) < 4.78 is 0. The first-order valence-corrected chi connectivity index (χ1v) is 11.3. The summed E-state index contributed by atoms with van der Waals surface area (Å²) in [6, 6.07) is 0.963. The number of hydrogen-bond acceptors (Lipinski definition) is 3. The zero-order valence-corrected chi connectivity index (χ0v) is 16.6. The molecule has 2 fully saturated rings. The molecule has 0 amide bonds. The topological polar surface area (TPSA) is 29.5 Å². The molecule has 0 heterocycles. The number of rotatable bonds is 11. The van der Waals surface area contributed by atoms with Crippen molar-refractivity contribution in [2.24, 2.45) is 0 Å². The summed E-state index contributed by atoms with van der Waals surface area (Å²) >= 11 is 0. The number of unbranched alkanes of at least 4 members (excludes halogenated alkanes) is 6. The monoisotopic (exact) mass is 351 g/mol. The molecule has 0 bridgehead atoms. The molecule has 0 aromatic rings. The molecule has 0 radical (unpaired) electrons. The fourth-order valence-corrected chi connectivity index (χ4v) is 4.51. The van der Waals surface area contributed by atoms with Gasteiger partial charge in [0.1, 0.15) is 0 Å². The van der Waals surface area contributed by atoms with Gasteiger partial charge in [-0.3, -0.25) is 4.79 Å². The lowest BCUT2D eigenvalue weighted by molar-refractivity contribution is -0.223. The normalized spacial score (nSPS) is 20.1. The molecule has 2 rings (SSSR count). The Hall–Kier alpha value is -0.570. The van der Waals surface area contributed by atoms with Crippen molar-refractivity contribution in [2.75, 3.05) is 0 Å². The predicted molar refractivity (Wildman–Crippen MR) is 104 cm³/mol. The fraction of sp³-hybridized carbons (Fsp3) is 0.955. The van der Waals surface area contributed by atoms with Gasteiger partial charge in [-0.1, -0.05) is 84.0 Å². The van der Waals surface area contributed by atoms with Crippen molar-refractivity contribution < 1.29 is 9.63 Å². The van der Waals surface area contributed by atoms with Crippen LogP contribution in [0.3, 0.4) is 0 Å². The molecular formula is C22H41NO2. The molecule has 0 aromatic carbocycles. The molecule has 0 aliphatic heterocycles. The molecule has 2 aliphatic carbocycles. The van der Waals surface area contributed by atoms with Gasteiger partial charge in [0.05, 0.1) is 0 Å². The maximum Gasteiger partial charge on any atom is 0.325 e. The van der Waals surface area contributed by atoms with E-state index in [1.165, 1.54) is 103 Å². The number of carbonyl (C=O) groups excluding carboxylic acids is 1. The third-order valence-corrected chi connectivity index (χ3v) is 6.06. The van der Waals surface area contributed by atoms with E-state index in [1.807, 2.05) is 0 Å². The molecule has 3 nitrogen and oxygen atoms in total. The molecule has 25 heavy (non-hydrogen) atoms.